The van der Waals surface area contributed by atoms with E-state index in [-0.39, 0.29) is 18.4 Å². The Morgan fingerprint density at radius 1 is 1.30 bits per heavy atom. The van der Waals surface area contributed by atoms with Gasteiger partial charge in [-0.1, -0.05) is 12.8 Å². The zero-order valence-corrected chi connectivity index (χ0v) is 19.0. The van der Waals surface area contributed by atoms with E-state index in [2.05, 4.69) is 4.72 Å². The molecule has 0 amide bonds. The summed E-state index contributed by atoms with van der Waals surface area (Å²) < 4.78 is 54.5. The minimum absolute atomic E-state index is 0.168. The summed E-state index contributed by atoms with van der Waals surface area (Å²) in [6.45, 7) is 6.31. The summed E-state index contributed by atoms with van der Waals surface area (Å²) in [7, 11) is -4.11. The first kappa shape index (κ1) is 24.5. The van der Waals surface area contributed by atoms with Crippen molar-refractivity contribution in [3.8, 4) is 6.07 Å². The third kappa shape index (κ3) is 4.77. The third-order valence-electron chi connectivity index (χ3n) is 5.32. The Kier molecular flexibility index (Phi) is 6.88. The van der Waals surface area contributed by atoms with Crippen molar-refractivity contribution >= 4 is 26.9 Å². The molecule has 8 nitrogen and oxygen atoms in total. The maximum Gasteiger partial charge on any atom is 0.269 e. The van der Waals surface area contributed by atoms with Gasteiger partial charge >= 0.3 is 0 Å². The molecule has 1 fully saturated rings. The molecule has 0 aromatic heterocycles. The highest BCUT2D eigenvalue weighted by atomic mass is 32.2. The van der Waals surface area contributed by atoms with Crippen LogP contribution in [0.25, 0.3) is 0 Å². The summed E-state index contributed by atoms with van der Waals surface area (Å²) in [6, 6.07) is 4.73. The van der Waals surface area contributed by atoms with Gasteiger partial charge in [-0.2, -0.15) is 5.26 Å². The zero-order valence-electron chi connectivity index (χ0n) is 17.4. The molecule has 2 atom stereocenters. The molecule has 0 radical (unpaired) electrons. The van der Waals surface area contributed by atoms with Crippen LogP contribution in [-0.2, 0) is 26.7 Å². The summed E-state index contributed by atoms with van der Waals surface area (Å²) in [6.07, 6.45) is 1.50. The van der Waals surface area contributed by atoms with Gasteiger partial charge in [0, 0.05) is 29.1 Å². The highest BCUT2D eigenvalue weighted by Gasteiger charge is 2.52. The van der Waals surface area contributed by atoms with E-state index < -0.39 is 58.4 Å². The molecule has 166 valence electrons. The van der Waals surface area contributed by atoms with Gasteiger partial charge < -0.3 is 4.55 Å². The van der Waals surface area contributed by atoms with Crippen molar-refractivity contribution in [3.63, 3.8) is 0 Å². The predicted molar refractivity (Wildman–Crippen MR) is 112 cm³/mol. The molecule has 1 aromatic rings. The van der Waals surface area contributed by atoms with Gasteiger partial charge in [0.05, 0.1) is 16.7 Å². The number of sulfone groups is 1. The number of nitrogens with one attached hydrogen (secondary N) is 1. The molecule has 1 aliphatic carbocycles. The lowest BCUT2D eigenvalue weighted by molar-refractivity contribution is -0.385. The monoisotopic (exact) mass is 459 g/mol. The summed E-state index contributed by atoms with van der Waals surface area (Å²) in [5.74, 6) is -1.60. The zero-order chi connectivity index (χ0) is 23.0. The number of hydrogen-bond acceptors (Lipinski definition) is 7. The number of halogens is 1. The highest BCUT2D eigenvalue weighted by Crippen LogP contribution is 2.40. The Balaban J connectivity index is 2.62. The first-order valence-electron chi connectivity index (χ1n) is 9.45. The van der Waals surface area contributed by atoms with Crippen LogP contribution in [0.5, 0.6) is 0 Å². The minimum atomic E-state index is -4.11. The molecule has 1 aromatic carbocycles. The first-order chi connectivity index (χ1) is 13.7. The molecule has 0 saturated heterocycles. The maximum absolute atomic E-state index is 14.8. The van der Waals surface area contributed by atoms with Crippen LogP contribution in [0.4, 0.5) is 10.1 Å². The van der Waals surface area contributed by atoms with Crippen molar-refractivity contribution < 1.29 is 22.3 Å². The largest absolute Gasteiger partial charge is 0.598 e. The van der Waals surface area contributed by atoms with Crippen LogP contribution in [0.2, 0.25) is 0 Å². The van der Waals surface area contributed by atoms with Crippen molar-refractivity contribution in [1.82, 2.24) is 4.72 Å². The van der Waals surface area contributed by atoms with Gasteiger partial charge in [0.15, 0.2) is 14.6 Å². The molecule has 0 spiro atoms. The van der Waals surface area contributed by atoms with Crippen molar-refractivity contribution in [1.29, 1.82) is 5.26 Å². The number of rotatable bonds is 7. The van der Waals surface area contributed by atoms with E-state index in [4.69, 9.17) is 0 Å². The van der Waals surface area contributed by atoms with Gasteiger partial charge in [0.25, 0.3) is 5.69 Å². The van der Waals surface area contributed by atoms with Crippen LogP contribution in [-0.4, -0.2) is 33.1 Å². The van der Waals surface area contributed by atoms with E-state index in [0.29, 0.717) is 12.8 Å². The molecule has 0 bridgehead atoms. The van der Waals surface area contributed by atoms with Crippen LogP contribution in [0.1, 0.15) is 58.9 Å². The number of benzene rings is 1. The van der Waals surface area contributed by atoms with E-state index in [9.17, 15) is 32.7 Å². The number of nitrogens with zero attached hydrogens (tertiary/aromatic N) is 2. The normalized spacial score (nSPS) is 19.6. The molecule has 1 saturated carbocycles. The van der Waals surface area contributed by atoms with Gasteiger partial charge in [0.2, 0.25) is 0 Å². The molecular weight excluding hydrogens is 433 g/mol. The van der Waals surface area contributed by atoms with E-state index in [1.807, 2.05) is 6.07 Å². The number of hydrogen-bond donors (Lipinski definition) is 1. The third-order valence-corrected chi connectivity index (χ3v) is 9.71. The van der Waals surface area contributed by atoms with Crippen molar-refractivity contribution in [3.05, 3.63) is 39.7 Å². The molecule has 1 N–H and O–H groups in total. The van der Waals surface area contributed by atoms with Gasteiger partial charge in [-0.15, -0.1) is 4.72 Å². The van der Waals surface area contributed by atoms with E-state index in [0.717, 1.165) is 18.2 Å². The molecule has 1 aliphatic rings. The SMILES string of the molecule is CC(C)(C)[S+]([O-])N[C@@](C)(CS(=O)(=O)C1(C#N)CCCC1)c1cc([N+](=O)[O-])ccc1F. The molecule has 30 heavy (non-hydrogen) atoms. The minimum Gasteiger partial charge on any atom is -0.598 e. The summed E-state index contributed by atoms with van der Waals surface area (Å²) in [5.41, 5.74) is -2.47. The average molecular weight is 460 g/mol. The van der Waals surface area contributed by atoms with Crippen molar-refractivity contribution in [2.45, 2.75) is 68.4 Å². The van der Waals surface area contributed by atoms with Crippen molar-refractivity contribution in [2.24, 2.45) is 0 Å². The quantitative estimate of drug-likeness (QED) is 0.375. The van der Waals surface area contributed by atoms with Crippen LogP contribution < -0.4 is 4.72 Å². The number of non-ortho nitro benzene ring substituents is 1. The Labute approximate surface area is 179 Å². The maximum atomic E-state index is 14.8. The summed E-state index contributed by atoms with van der Waals surface area (Å²) in [4.78, 5) is 10.5. The Bertz CT molecular complexity index is 965. The number of nitro benzene ring substituents is 1. The Morgan fingerprint density at radius 3 is 2.33 bits per heavy atom. The Hall–Kier alpha value is -1.74. The molecule has 1 unspecified atom stereocenters. The summed E-state index contributed by atoms with van der Waals surface area (Å²) >= 11 is -1.82. The van der Waals surface area contributed by atoms with Crippen molar-refractivity contribution in [2.75, 3.05) is 5.75 Å². The fraction of sp³-hybridized carbons (Fsp3) is 0.632. The predicted octanol–water partition coefficient (Wildman–Crippen LogP) is 3.25. The first-order valence-corrected chi connectivity index (χ1v) is 12.3. The highest BCUT2D eigenvalue weighted by molar-refractivity contribution is 7.93. The second-order valence-corrected chi connectivity index (χ2v) is 13.1. The summed E-state index contributed by atoms with van der Waals surface area (Å²) in [5, 5.41) is 20.8. The van der Waals surface area contributed by atoms with Crippen LogP contribution in [0.15, 0.2) is 18.2 Å². The standard InChI is InChI=1S/C19H26FN3O5S2/c1-17(2,3)29(26)22-18(4,15-11-14(23(24)25)7-8-16(15)20)13-30(27,28)19(12-21)9-5-6-10-19/h7-8,11,22H,5-6,9-10,13H2,1-4H3/t18-,29?/m0/s1. The Morgan fingerprint density at radius 2 is 1.87 bits per heavy atom. The van der Waals surface area contributed by atoms with Gasteiger partial charge in [-0.25, -0.2) is 12.8 Å². The lowest BCUT2D eigenvalue weighted by Gasteiger charge is -2.36. The number of nitriles is 1. The second-order valence-electron chi connectivity index (χ2n) is 8.81. The van der Waals surface area contributed by atoms with Gasteiger partial charge in [0.1, 0.15) is 16.1 Å². The molecule has 0 aliphatic heterocycles. The van der Waals surface area contributed by atoms with Gasteiger partial charge in [-0.3, -0.25) is 10.1 Å². The van der Waals surface area contributed by atoms with Gasteiger partial charge in [-0.05, 0) is 46.6 Å². The fourth-order valence-corrected chi connectivity index (χ4v) is 6.83. The van der Waals surface area contributed by atoms with Crippen LogP contribution in [0, 0.1) is 27.3 Å². The van der Waals surface area contributed by atoms with E-state index >= 15 is 0 Å². The lowest BCUT2D eigenvalue weighted by atomic mass is 9.94. The fourth-order valence-electron chi connectivity index (χ4n) is 3.53. The molecule has 0 heterocycles. The lowest BCUT2D eigenvalue weighted by Crippen LogP contribution is -2.55. The molecule has 2 rings (SSSR count). The molecule has 11 heteroatoms. The van der Waals surface area contributed by atoms with Crippen LogP contribution >= 0.6 is 0 Å². The van der Waals surface area contributed by atoms with E-state index in [1.165, 1.54) is 6.92 Å². The topological polar surface area (TPSA) is 136 Å². The molecular formula is C19H26FN3O5S2. The average Bonchev–Trinajstić information content (AvgIpc) is 3.11. The van der Waals surface area contributed by atoms with E-state index in [1.54, 1.807) is 20.8 Å². The second kappa shape index (κ2) is 8.42. The smallest absolute Gasteiger partial charge is 0.269 e. The number of nitro groups is 1. The van der Waals surface area contributed by atoms with Crippen LogP contribution in [0.3, 0.4) is 0 Å².